The Morgan fingerprint density at radius 2 is 2.00 bits per heavy atom. The van der Waals surface area contributed by atoms with E-state index in [9.17, 15) is 9.59 Å². The van der Waals surface area contributed by atoms with Crippen molar-refractivity contribution in [3.8, 4) is 10.6 Å². The molecule has 1 aromatic carbocycles. The van der Waals surface area contributed by atoms with Gasteiger partial charge in [-0.1, -0.05) is 41.7 Å². The number of nitrogens with zero attached hydrogens (tertiary/aromatic N) is 4. The lowest BCUT2D eigenvalue weighted by atomic mass is 10.1. The summed E-state index contributed by atoms with van der Waals surface area (Å²) in [5.74, 6) is -0.450. The van der Waals surface area contributed by atoms with Gasteiger partial charge in [0.1, 0.15) is 10.7 Å². The van der Waals surface area contributed by atoms with E-state index in [-0.39, 0.29) is 18.2 Å². The summed E-state index contributed by atoms with van der Waals surface area (Å²) in [6.07, 6.45) is 0.619. The lowest BCUT2D eigenvalue weighted by Crippen LogP contribution is -2.34. The fourth-order valence-electron chi connectivity index (χ4n) is 1.97. The van der Waals surface area contributed by atoms with E-state index in [1.54, 1.807) is 0 Å². The van der Waals surface area contributed by atoms with Crippen LogP contribution in [0.4, 0.5) is 5.13 Å². The highest BCUT2D eigenvalue weighted by Crippen LogP contribution is 2.26. The van der Waals surface area contributed by atoms with E-state index < -0.39 is 0 Å². The maximum absolute atomic E-state index is 12.1. The Balaban J connectivity index is 1.72. The monoisotopic (exact) mass is 315 g/mol. The van der Waals surface area contributed by atoms with Gasteiger partial charge in [-0.2, -0.15) is 5.10 Å². The molecule has 8 heteroatoms. The van der Waals surface area contributed by atoms with Crippen molar-refractivity contribution in [3.63, 3.8) is 0 Å². The molecule has 1 aliphatic heterocycles. The molecule has 1 aromatic heterocycles. The van der Waals surface area contributed by atoms with Gasteiger partial charge in [-0.3, -0.25) is 14.9 Å². The minimum absolute atomic E-state index is 0.0983. The first-order valence-corrected chi connectivity index (χ1v) is 7.49. The molecule has 0 saturated heterocycles. The Hall–Kier alpha value is -2.61. The topological polar surface area (TPSA) is 87.6 Å². The van der Waals surface area contributed by atoms with Gasteiger partial charge < -0.3 is 0 Å². The van der Waals surface area contributed by atoms with Gasteiger partial charge >= 0.3 is 0 Å². The number of amides is 2. The summed E-state index contributed by atoms with van der Waals surface area (Å²) in [7, 11) is 1.53. The fourth-order valence-corrected chi connectivity index (χ4v) is 2.72. The Kier molecular flexibility index (Phi) is 3.92. The zero-order valence-electron chi connectivity index (χ0n) is 11.8. The molecule has 22 heavy (non-hydrogen) atoms. The highest BCUT2D eigenvalue weighted by Gasteiger charge is 2.22. The summed E-state index contributed by atoms with van der Waals surface area (Å²) in [6.45, 7) is 0. The molecular formula is C14H13N5O2S. The van der Waals surface area contributed by atoms with Crippen LogP contribution < -0.4 is 5.32 Å². The molecular weight excluding hydrogens is 302 g/mol. The summed E-state index contributed by atoms with van der Waals surface area (Å²) < 4.78 is 0. The first kappa shape index (κ1) is 14.3. The predicted octanol–water partition coefficient (Wildman–Crippen LogP) is 1.75. The van der Waals surface area contributed by atoms with Crippen molar-refractivity contribution in [3.05, 3.63) is 30.3 Å². The van der Waals surface area contributed by atoms with Crippen LogP contribution in [0.1, 0.15) is 12.8 Å². The molecule has 2 amide bonds. The van der Waals surface area contributed by atoms with E-state index in [0.717, 1.165) is 10.6 Å². The number of carbonyl (C=O) groups excluding carboxylic acids is 2. The highest BCUT2D eigenvalue weighted by atomic mass is 32.1. The molecule has 0 fully saturated rings. The van der Waals surface area contributed by atoms with Crippen LogP contribution in [-0.2, 0) is 9.59 Å². The zero-order chi connectivity index (χ0) is 15.5. The largest absolute Gasteiger partial charge is 0.295 e. The second kappa shape index (κ2) is 6.02. The second-order valence-electron chi connectivity index (χ2n) is 4.70. The minimum Gasteiger partial charge on any atom is -0.295 e. The maximum atomic E-state index is 12.1. The van der Waals surface area contributed by atoms with Crippen molar-refractivity contribution < 1.29 is 9.59 Å². The number of hydrogen-bond acceptors (Lipinski definition) is 6. The summed E-state index contributed by atoms with van der Waals surface area (Å²) in [6, 6.07) is 9.61. The van der Waals surface area contributed by atoms with Crippen LogP contribution in [0.5, 0.6) is 0 Å². The first-order valence-electron chi connectivity index (χ1n) is 6.68. The van der Waals surface area contributed by atoms with Crippen LogP contribution in [0.3, 0.4) is 0 Å². The van der Waals surface area contributed by atoms with Crippen LogP contribution in [0.15, 0.2) is 35.4 Å². The van der Waals surface area contributed by atoms with Crippen molar-refractivity contribution in [2.75, 3.05) is 12.4 Å². The molecule has 0 radical (unpaired) electrons. The van der Waals surface area contributed by atoms with Crippen molar-refractivity contribution in [2.45, 2.75) is 12.8 Å². The summed E-state index contributed by atoms with van der Waals surface area (Å²) >= 11 is 1.29. The SMILES string of the molecule is CN1N=C(C(=O)Nc2nnc(-c3ccccc3)s2)CCC1=O. The fraction of sp³-hybridized carbons (Fsp3) is 0.214. The first-order chi connectivity index (χ1) is 10.6. The molecule has 0 atom stereocenters. The molecule has 7 nitrogen and oxygen atoms in total. The normalized spacial score (nSPS) is 14.7. The lowest BCUT2D eigenvalue weighted by Gasteiger charge is -2.18. The van der Waals surface area contributed by atoms with Crippen LogP contribution in [-0.4, -0.2) is 39.8 Å². The Bertz CT molecular complexity index is 741. The number of carbonyl (C=O) groups is 2. The number of aromatic nitrogens is 2. The van der Waals surface area contributed by atoms with Gasteiger partial charge in [0.05, 0.1) is 0 Å². The van der Waals surface area contributed by atoms with E-state index in [2.05, 4.69) is 20.6 Å². The molecule has 2 aromatic rings. The Labute approximate surface area is 130 Å². The van der Waals surface area contributed by atoms with Crippen molar-refractivity contribution in [2.24, 2.45) is 5.10 Å². The van der Waals surface area contributed by atoms with Crippen LogP contribution in [0, 0.1) is 0 Å². The van der Waals surface area contributed by atoms with E-state index in [4.69, 9.17) is 0 Å². The van der Waals surface area contributed by atoms with Gasteiger partial charge in [-0.25, -0.2) is 5.01 Å². The maximum Gasteiger partial charge on any atom is 0.273 e. The third-order valence-electron chi connectivity index (χ3n) is 3.14. The van der Waals surface area contributed by atoms with E-state index in [1.165, 1.54) is 23.4 Å². The van der Waals surface area contributed by atoms with Gasteiger partial charge in [0, 0.05) is 25.5 Å². The van der Waals surface area contributed by atoms with Crippen LogP contribution in [0.2, 0.25) is 0 Å². The van der Waals surface area contributed by atoms with E-state index in [1.807, 2.05) is 30.3 Å². The number of anilines is 1. The average molecular weight is 315 g/mol. The number of hydrazone groups is 1. The zero-order valence-corrected chi connectivity index (χ0v) is 12.6. The van der Waals surface area contributed by atoms with Crippen molar-refractivity contribution >= 4 is 34.0 Å². The van der Waals surface area contributed by atoms with Crippen LogP contribution in [0.25, 0.3) is 10.6 Å². The molecule has 0 spiro atoms. The molecule has 1 N–H and O–H groups in total. The van der Waals surface area contributed by atoms with Gasteiger partial charge in [0.2, 0.25) is 11.0 Å². The Morgan fingerprint density at radius 3 is 2.73 bits per heavy atom. The highest BCUT2D eigenvalue weighted by molar-refractivity contribution is 7.18. The molecule has 1 aliphatic rings. The molecule has 2 heterocycles. The Morgan fingerprint density at radius 1 is 1.23 bits per heavy atom. The van der Waals surface area contributed by atoms with Gasteiger partial charge in [0.15, 0.2) is 0 Å². The minimum atomic E-state index is -0.352. The van der Waals surface area contributed by atoms with Crippen molar-refractivity contribution in [1.29, 1.82) is 0 Å². The summed E-state index contributed by atoms with van der Waals surface area (Å²) in [5.41, 5.74) is 1.26. The van der Waals surface area contributed by atoms with Crippen molar-refractivity contribution in [1.82, 2.24) is 15.2 Å². The predicted molar refractivity (Wildman–Crippen MR) is 83.4 cm³/mol. The third kappa shape index (κ3) is 3.01. The van der Waals surface area contributed by atoms with E-state index in [0.29, 0.717) is 17.3 Å². The van der Waals surface area contributed by atoms with Crippen LogP contribution >= 0.6 is 11.3 Å². The molecule has 0 unspecified atom stereocenters. The molecule has 0 saturated carbocycles. The number of nitrogens with one attached hydrogen (secondary N) is 1. The smallest absolute Gasteiger partial charge is 0.273 e. The number of benzene rings is 1. The van der Waals surface area contributed by atoms with Gasteiger partial charge in [0.25, 0.3) is 5.91 Å². The molecule has 0 aliphatic carbocycles. The molecule has 112 valence electrons. The number of hydrogen-bond donors (Lipinski definition) is 1. The molecule has 3 rings (SSSR count). The number of rotatable bonds is 3. The van der Waals surface area contributed by atoms with Gasteiger partial charge in [-0.15, -0.1) is 10.2 Å². The summed E-state index contributed by atoms with van der Waals surface area (Å²) in [5, 5.41) is 17.0. The van der Waals surface area contributed by atoms with Gasteiger partial charge in [-0.05, 0) is 0 Å². The quantitative estimate of drug-likeness (QED) is 0.934. The standard InChI is InChI=1S/C14H13N5O2S/c1-19-11(20)8-7-10(18-19)12(21)15-14-17-16-13(22-14)9-5-3-2-4-6-9/h2-6H,7-8H2,1H3,(H,15,17,21). The average Bonchev–Trinajstić information content (AvgIpc) is 2.99. The molecule has 0 bridgehead atoms. The third-order valence-corrected chi connectivity index (χ3v) is 4.02. The van der Waals surface area contributed by atoms with E-state index >= 15 is 0 Å². The summed E-state index contributed by atoms with van der Waals surface area (Å²) in [4.78, 5) is 23.5. The lowest BCUT2D eigenvalue weighted by molar-refractivity contribution is -0.130. The second-order valence-corrected chi connectivity index (χ2v) is 5.67.